The Kier molecular flexibility index (Phi) is 5.74. The molecule has 2 aromatic carbocycles. The van der Waals surface area contributed by atoms with Crippen LogP contribution in [0.25, 0.3) is 15.9 Å². The number of para-hydroxylation sites is 2. The van der Waals surface area contributed by atoms with Gasteiger partial charge in [0.2, 0.25) is 5.43 Å². The summed E-state index contributed by atoms with van der Waals surface area (Å²) in [5, 5.41) is 5.29. The van der Waals surface area contributed by atoms with E-state index in [1.807, 2.05) is 18.2 Å². The molecule has 0 bridgehead atoms. The highest BCUT2D eigenvalue weighted by Crippen LogP contribution is 2.23. The SMILES string of the molecule is Cc1cc(=O)c(C(=O)N2CCN(Cc3nc4ccccc4s3)CC2)nn1-c1ccccc1F. The summed E-state index contributed by atoms with van der Waals surface area (Å²) in [6.07, 6.45) is 0. The van der Waals surface area contributed by atoms with E-state index in [-0.39, 0.29) is 11.4 Å². The van der Waals surface area contributed by atoms with Crippen LogP contribution in [0.2, 0.25) is 0 Å². The number of aryl methyl sites for hydroxylation is 1. The lowest BCUT2D eigenvalue weighted by atomic mass is 10.2. The number of carbonyl (C=O) groups is 1. The second-order valence-corrected chi connectivity index (χ2v) is 9.12. The molecule has 0 unspecified atom stereocenters. The molecule has 33 heavy (non-hydrogen) atoms. The maximum Gasteiger partial charge on any atom is 0.278 e. The molecule has 7 nitrogen and oxygen atoms in total. The maximum atomic E-state index is 14.3. The minimum absolute atomic E-state index is 0.191. The Morgan fingerprint density at radius 3 is 2.55 bits per heavy atom. The van der Waals surface area contributed by atoms with Crippen molar-refractivity contribution in [3.63, 3.8) is 0 Å². The van der Waals surface area contributed by atoms with Crippen LogP contribution in [0.3, 0.4) is 0 Å². The zero-order valence-corrected chi connectivity index (χ0v) is 18.9. The summed E-state index contributed by atoms with van der Waals surface area (Å²) < 4.78 is 16.8. The van der Waals surface area contributed by atoms with Crippen molar-refractivity contribution in [3.05, 3.63) is 87.0 Å². The number of amides is 1. The molecule has 4 aromatic rings. The zero-order valence-electron chi connectivity index (χ0n) is 18.1. The molecule has 1 saturated heterocycles. The first-order valence-corrected chi connectivity index (χ1v) is 11.5. The van der Waals surface area contributed by atoms with Gasteiger partial charge in [-0.1, -0.05) is 24.3 Å². The second-order valence-electron chi connectivity index (χ2n) is 8.01. The first kappa shape index (κ1) is 21.4. The van der Waals surface area contributed by atoms with Gasteiger partial charge in [0.05, 0.1) is 16.8 Å². The topological polar surface area (TPSA) is 71.3 Å². The standard InChI is InChI=1S/C24H22FN5O2S/c1-16-14-20(31)23(27-30(16)19-8-4-2-6-17(19)25)24(32)29-12-10-28(11-13-29)15-22-26-18-7-3-5-9-21(18)33-22/h2-9,14H,10-13,15H2,1H3. The molecule has 1 fully saturated rings. The number of aromatic nitrogens is 3. The average Bonchev–Trinajstić information content (AvgIpc) is 3.22. The van der Waals surface area contributed by atoms with Gasteiger partial charge in [-0.05, 0) is 31.2 Å². The van der Waals surface area contributed by atoms with Gasteiger partial charge in [0.1, 0.15) is 16.5 Å². The van der Waals surface area contributed by atoms with E-state index in [2.05, 4.69) is 21.0 Å². The summed E-state index contributed by atoms with van der Waals surface area (Å²) in [5.74, 6) is -0.900. The van der Waals surface area contributed by atoms with Gasteiger partial charge in [-0.3, -0.25) is 14.5 Å². The van der Waals surface area contributed by atoms with Gasteiger partial charge >= 0.3 is 0 Å². The summed E-state index contributed by atoms with van der Waals surface area (Å²) >= 11 is 1.68. The molecule has 1 aliphatic heterocycles. The Hall–Kier alpha value is -3.43. The van der Waals surface area contributed by atoms with Crippen LogP contribution in [0, 0.1) is 12.7 Å². The highest BCUT2D eigenvalue weighted by atomic mass is 32.1. The fourth-order valence-corrected chi connectivity index (χ4v) is 5.01. The molecular weight excluding hydrogens is 441 g/mol. The lowest BCUT2D eigenvalue weighted by molar-refractivity contribution is 0.0619. The van der Waals surface area contributed by atoms with Crippen molar-refractivity contribution in [2.45, 2.75) is 13.5 Å². The van der Waals surface area contributed by atoms with E-state index in [1.165, 1.54) is 16.8 Å². The Balaban J connectivity index is 1.30. The summed E-state index contributed by atoms with van der Waals surface area (Å²) in [5.41, 5.74) is 1.01. The number of hydrogen-bond donors (Lipinski definition) is 0. The van der Waals surface area contributed by atoms with Gasteiger partial charge in [-0.15, -0.1) is 11.3 Å². The number of nitrogens with zero attached hydrogens (tertiary/aromatic N) is 5. The number of rotatable bonds is 4. The molecule has 0 aliphatic carbocycles. The highest BCUT2D eigenvalue weighted by molar-refractivity contribution is 7.18. The number of carbonyl (C=O) groups excluding carboxylic acids is 1. The third-order valence-electron chi connectivity index (χ3n) is 5.75. The van der Waals surface area contributed by atoms with Crippen LogP contribution in [-0.4, -0.2) is 56.7 Å². The van der Waals surface area contributed by atoms with Gasteiger partial charge in [0.15, 0.2) is 5.69 Å². The number of hydrogen-bond acceptors (Lipinski definition) is 6. The number of halogens is 1. The molecule has 3 heterocycles. The van der Waals surface area contributed by atoms with Crippen LogP contribution >= 0.6 is 11.3 Å². The molecule has 2 aromatic heterocycles. The first-order valence-electron chi connectivity index (χ1n) is 10.7. The quantitative estimate of drug-likeness (QED) is 0.465. The third-order valence-corrected chi connectivity index (χ3v) is 6.77. The normalized spacial score (nSPS) is 14.7. The van der Waals surface area contributed by atoms with Gasteiger partial charge in [0, 0.05) is 37.9 Å². The minimum atomic E-state index is -0.474. The summed E-state index contributed by atoms with van der Waals surface area (Å²) in [6.45, 7) is 4.71. The van der Waals surface area contributed by atoms with Gasteiger partial charge < -0.3 is 4.90 Å². The van der Waals surface area contributed by atoms with E-state index in [0.29, 0.717) is 31.9 Å². The van der Waals surface area contributed by atoms with Crippen LogP contribution in [0.15, 0.2) is 59.4 Å². The molecule has 9 heteroatoms. The van der Waals surface area contributed by atoms with Crippen molar-refractivity contribution in [2.75, 3.05) is 26.2 Å². The molecule has 0 radical (unpaired) electrons. The van der Waals surface area contributed by atoms with Crippen LogP contribution in [0.5, 0.6) is 0 Å². The van der Waals surface area contributed by atoms with Crippen LogP contribution in [0.4, 0.5) is 4.39 Å². The van der Waals surface area contributed by atoms with Crippen molar-refractivity contribution in [1.29, 1.82) is 0 Å². The average molecular weight is 464 g/mol. The number of piperazine rings is 1. The number of fused-ring (bicyclic) bond motifs is 1. The molecule has 0 saturated carbocycles. The van der Waals surface area contributed by atoms with Crippen molar-refractivity contribution in [2.24, 2.45) is 0 Å². The third kappa shape index (κ3) is 4.29. The number of thiazole rings is 1. The largest absolute Gasteiger partial charge is 0.335 e. The minimum Gasteiger partial charge on any atom is -0.335 e. The van der Waals surface area contributed by atoms with Gasteiger partial charge in [-0.2, -0.15) is 5.10 Å². The van der Waals surface area contributed by atoms with E-state index in [1.54, 1.807) is 41.4 Å². The van der Waals surface area contributed by atoms with Crippen LogP contribution in [0.1, 0.15) is 21.2 Å². The molecule has 0 atom stereocenters. The maximum absolute atomic E-state index is 14.3. The Bertz CT molecular complexity index is 1360. The van der Waals surface area contributed by atoms with Gasteiger partial charge in [-0.25, -0.2) is 14.1 Å². The van der Waals surface area contributed by atoms with E-state index in [0.717, 1.165) is 21.8 Å². The van der Waals surface area contributed by atoms with Crippen molar-refractivity contribution < 1.29 is 9.18 Å². The Labute approximate surface area is 193 Å². The Morgan fingerprint density at radius 2 is 1.79 bits per heavy atom. The smallest absolute Gasteiger partial charge is 0.278 e. The van der Waals surface area contributed by atoms with Crippen molar-refractivity contribution in [1.82, 2.24) is 24.6 Å². The summed E-state index contributed by atoms with van der Waals surface area (Å²) in [6, 6.07) is 15.5. The Morgan fingerprint density at radius 1 is 1.06 bits per heavy atom. The predicted octanol–water partition coefficient (Wildman–Crippen LogP) is 3.25. The fraction of sp³-hybridized carbons (Fsp3) is 0.250. The van der Waals surface area contributed by atoms with E-state index >= 15 is 0 Å². The first-order chi connectivity index (χ1) is 16.0. The summed E-state index contributed by atoms with van der Waals surface area (Å²) in [4.78, 5) is 34.2. The fourth-order valence-electron chi connectivity index (χ4n) is 4.00. The molecule has 0 N–H and O–H groups in total. The molecule has 0 spiro atoms. The van der Waals surface area contributed by atoms with Crippen molar-refractivity contribution >= 4 is 27.5 Å². The molecule has 168 valence electrons. The van der Waals surface area contributed by atoms with E-state index < -0.39 is 17.2 Å². The van der Waals surface area contributed by atoms with Crippen LogP contribution < -0.4 is 5.43 Å². The van der Waals surface area contributed by atoms with E-state index in [4.69, 9.17) is 0 Å². The monoisotopic (exact) mass is 463 g/mol. The van der Waals surface area contributed by atoms with E-state index in [9.17, 15) is 14.0 Å². The molecule has 5 rings (SSSR count). The molecule has 1 aliphatic rings. The number of benzene rings is 2. The molecule has 1 amide bonds. The highest BCUT2D eigenvalue weighted by Gasteiger charge is 2.26. The van der Waals surface area contributed by atoms with Crippen molar-refractivity contribution in [3.8, 4) is 5.69 Å². The van der Waals surface area contributed by atoms with Crippen LogP contribution in [-0.2, 0) is 6.54 Å². The summed E-state index contributed by atoms with van der Waals surface area (Å²) in [7, 11) is 0. The predicted molar refractivity (Wildman–Crippen MR) is 125 cm³/mol. The lowest BCUT2D eigenvalue weighted by Crippen LogP contribution is -2.49. The zero-order chi connectivity index (χ0) is 22.9. The molecular formula is C24H22FN5O2S. The lowest BCUT2D eigenvalue weighted by Gasteiger charge is -2.34. The second kappa shape index (κ2) is 8.84. The van der Waals surface area contributed by atoms with Gasteiger partial charge in [0.25, 0.3) is 5.91 Å².